The van der Waals surface area contributed by atoms with E-state index in [2.05, 4.69) is 19.2 Å². The molecule has 0 aliphatic rings. The molecule has 1 aromatic carbocycles. The normalized spacial score (nSPS) is 14.1. The molecule has 0 unspecified atom stereocenters. The lowest BCUT2D eigenvalue weighted by atomic mass is 9.94. The molecule has 0 aliphatic heterocycles. The summed E-state index contributed by atoms with van der Waals surface area (Å²) in [6.07, 6.45) is 1.37. The first-order valence-corrected chi connectivity index (χ1v) is 7.17. The SMILES string of the molecule is CC(C)C[C@H](CN)CC(=O)N[C@@H](C)c1cccc(F)c1. The lowest BCUT2D eigenvalue weighted by Gasteiger charge is -2.19. The standard InChI is InChI=1S/C16H25FN2O/c1-11(2)7-13(10-18)8-16(20)19-12(3)14-5-4-6-15(17)9-14/h4-6,9,11-13H,7-8,10,18H2,1-3H3,(H,19,20)/t12-,13-/m0/s1. The van der Waals surface area contributed by atoms with Crippen molar-refractivity contribution in [2.45, 2.75) is 39.7 Å². The Labute approximate surface area is 120 Å². The van der Waals surface area contributed by atoms with Gasteiger partial charge >= 0.3 is 0 Å². The van der Waals surface area contributed by atoms with Gasteiger partial charge in [-0.25, -0.2) is 4.39 Å². The summed E-state index contributed by atoms with van der Waals surface area (Å²) in [5.41, 5.74) is 6.47. The number of amides is 1. The maximum atomic E-state index is 13.1. The van der Waals surface area contributed by atoms with Crippen LogP contribution in [0.3, 0.4) is 0 Å². The lowest BCUT2D eigenvalue weighted by molar-refractivity contribution is -0.122. The van der Waals surface area contributed by atoms with Gasteiger partial charge in [0.15, 0.2) is 0 Å². The molecular weight excluding hydrogens is 255 g/mol. The zero-order chi connectivity index (χ0) is 15.1. The molecule has 2 atom stereocenters. The molecule has 3 nitrogen and oxygen atoms in total. The molecular formula is C16H25FN2O. The third kappa shape index (κ3) is 5.70. The van der Waals surface area contributed by atoms with Gasteiger partial charge < -0.3 is 11.1 Å². The van der Waals surface area contributed by atoms with E-state index in [9.17, 15) is 9.18 Å². The Morgan fingerprint density at radius 3 is 2.60 bits per heavy atom. The first kappa shape index (κ1) is 16.6. The number of hydrogen-bond acceptors (Lipinski definition) is 2. The molecule has 0 saturated carbocycles. The first-order chi connectivity index (χ1) is 9.42. The minimum absolute atomic E-state index is 0.0298. The van der Waals surface area contributed by atoms with Gasteiger partial charge in [0, 0.05) is 6.42 Å². The number of rotatable bonds is 7. The van der Waals surface area contributed by atoms with Crippen molar-refractivity contribution in [2.75, 3.05) is 6.54 Å². The Morgan fingerprint density at radius 2 is 2.05 bits per heavy atom. The second-order valence-electron chi connectivity index (χ2n) is 5.78. The van der Waals surface area contributed by atoms with E-state index in [1.54, 1.807) is 6.07 Å². The summed E-state index contributed by atoms with van der Waals surface area (Å²) in [7, 11) is 0. The van der Waals surface area contributed by atoms with E-state index in [4.69, 9.17) is 5.73 Å². The fourth-order valence-corrected chi connectivity index (χ4v) is 2.35. The van der Waals surface area contributed by atoms with Crippen LogP contribution in [-0.2, 0) is 4.79 Å². The van der Waals surface area contributed by atoms with Crippen LogP contribution < -0.4 is 11.1 Å². The van der Waals surface area contributed by atoms with Gasteiger partial charge in [-0.05, 0) is 49.4 Å². The average Bonchev–Trinajstić information content (AvgIpc) is 2.37. The Balaban J connectivity index is 2.53. The van der Waals surface area contributed by atoms with Crippen molar-refractivity contribution in [2.24, 2.45) is 17.6 Å². The maximum absolute atomic E-state index is 13.1. The van der Waals surface area contributed by atoms with Crippen LogP contribution in [0.2, 0.25) is 0 Å². The van der Waals surface area contributed by atoms with Gasteiger partial charge in [0.2, 0.25) is 5.91 Å². The Hall–Kier alpha value is -1.42. The molecule has 112 valence electrons. The third-order valence-corrected chi connectivity index (χ3v) is 3.34. The molecule has 0 radical (unpaired) electrons. The number of halogens is 1. The molecule has 1 amide bonds. The fraction of sp³-hybridized carbons (Fsp3) is 0.562. The molecule has 1 aromatic rings. The second-order valence-corrected chi connectivity index (χ2v) is 5.78. The van der Waals surface area contributed by atoms with Gasteiger partial charge in [-0.2, -0.15) is 0 Å². The zero-order valence-electron chi connectivity index (χ0n) is 12.5. The highest BCUT2D eigenvalue weighted by Crippen LogP contribution is 2.17. The van der Waals surface area contributed by atoms with Crippen molar-refractivity contribution in [1.82, 2.24) is 5.32 Å². The van der Waals surface area contributed by atoms with Crippen molar-refractivity contribution >= 4 is 5.91 Å². The van der Waals surface area contributed by atoms with E-state index in [1.807, 2.05) is 13.0 Å². The molecule has 0 fully saturated rings. The zero-order valence-corrected chi connectivity index (χ0v) is 12.5. The molecule has 0 bridgehead atoms. The molecule has 1 rings (SSSR count). The molecule has 0 aliphatic carbocycles. The van der Waals surface area contributed by atoms with E-state index < -0.39 is 0 Å². The van der Waals surface area contributed by atoms with Crippen LogP contribution in [0.1, 0.15) is 45.2 Å². The van der Waals surface area contributed by atoms with Crippen molar-refractivity contribution in [3.63, 3.8) is 0 Å². The minimum Gasteiger partial charge on any atom is -0.350 e. The Morgan fingerprint density at radius 1 is 1.35 bits per heavy atom. The van der Waals surface area contributed by atoms with Gasteiger partial charge in [-0.1, -0.05) is 26.0 Å². The predicted octanol–water partition coefficient (Wildman–Crippen LogP) is 3.01. The average molecular weight is 280 g/mol. The summed E-state index contributed by atoms with van der Waals surface area (Å²) < 4.78 is 13.1. The quantitative estimate of drug-likeness (QED) is 0.806. The van der Waals surface area contributed by atoms with Crippen LogP contribution in [-0.4, -0.2) is 12.5 Å². The predicted molar refractivity (Wildman–Crippen MR) is 79.6 cm³/mol. The van der Waals surface area contributed by atoms with Gasteiger partial charge in [-0.3, -0.25) is 4.79 Å². The van der Waals surface area contributed by atoms with Gasteiger partial charge in [0.05, 0.1) is 6.04 Å². The lowest BCUT2D eigenvalue weighted by Crippen LogP contribution is -2.30. The Kier molecular flexibility index (Phi) is 6.65. The molecule has 0 spiro atoms. The van der Waals surface area contributed by atoms with Crippen LogP contribution >= 0.6 is 0 Å². The van der Waals surface area contributed by atoms with E-state index in [0.29, 0.717) is 18.9 Å². The van der Waals surface area contributed by atoms with Crippen LogP contribution in [0.15, 0.2) is 24.3 Å². The maximum Gasteiger partial charge on any atom is 0.220 e. The van der Waals surface area contributed by atoms with E-state index in [1.165, 1.54) is 12.1 Å². The van der Waals surface area contributed by atoms with Crippen LogP contribution in [0.25, 0.3) is 0 Å². The summed E-state index contributed by atoms with van der Waals surface area (Å²) in [6, 6.07) is 6.10. The molecule has 20 heavy (non-hydrogen) atoms. The molecule has 0 aromatic heterocycles. The van der Waals surface area contributed by atoms with Gasteiger partial charge in [0.25, 0.3) is 0 Å². The monoisotopic (exact) mass is 280 g/mol. The van der Waals surface area contributed by atoms with Gasteiger partial charge in [0.1, 0.15) is 5.82 Å². The minimum atomic E-state index is -0.289. The summed E-state index contributed by atoms with van der Waals surface area (Å²) in [4.78, 5) is 12.0. The Bertz CT molecular complexity index is 434. The summed E-state index contributed by atoms with van der Waals surface area (Å²) in [5, 5.41) is 2.90. The number of carbonyl (C=O) groups excluding carboxylic acids is 1. The van der Waals surface area contributed by atoms with Crippen LogP contribution in [0, 0.1) is 17.7 Å². The van der Waals surface area contributed by atoms with E-state index >= 15 is 0 Å². The topological polar surface area (TPSA) is 55.1 Å². The number of hydrogen-bond donors (Lipinski definition) is 2. The molecule has 0 heterocycles. The van der Waals surface area contributed by atoms with Crippen LogP contribution in [0.5, 0.6) is 0 Å². The highest BCUT2D eigenvalue weighted by molar-refractivity contribution is 5.76. The highest BCUT2D eigenvalue weighted by Gasteiger charge is 2.16. The highest BCUT2D eigenvalue weighted by atomic mass is 19.1. The molecule has 4 heteroatoms. The van der Waals surface area contributed by atoms with Crippen molar-refractivity contribution < 1.29 is 9.18 Å². The fourth-order valence-electron chi connectivity index (χ4n) is 2.35. The molecule has 0 saturated heterocycles. The van der Waals surface area contributed by atoms with Crippen molar-refractivity contribution in [3.8, 4) is 0 Å². The second kappa shape index (κ2) is 8.00. The molecule has 3 N–H and O–H groups in total. The van der Waals surface area contributed by atoms with Crippen LogP contribution in [0.4, 0.5) is 4.39 Å². The summed E-state index contributed by atoms with van der Waals surface area (Å²) in [5.74, 6) is 0.410. The van der Waals surface area contributed by atoms with E-state index in [0.717, 1.165) is 12.0 Å². The summed E-state index contributed by atoms with van der Waals surface area (Å²) >= 11 is 0. The summed E-state index contributed by atoms with van der Waals surface area (Å²) in [6.45, 7) is 6.61. The first-order valence-electron chi connectivity index (χ1n) is 7.17. The smallest absolute Gasteiger partial charge is 0.220 e. The van der Waals surface area contributed by atoms with Gasteiger partial charge in [-0.15, -0.1) is 0 Å². The number of nitrogens with one attached hydrogen (secondary N) is 1. The third-order valence-electron chi connectivity index (χ3n) is 3.34. The number of carbonyl (C=O) groups is 1. The van der Waals surface area contributed by atoms with Crippen molar-refractivity contribution in [1.29, 1.82) is 0 Å². The number of benzene rings is 1. The van der Waals surface area contributed by atoms with Crippen molar-refractivity contribution in [3.05, 3.63) is 35.6 Å². The van der Waals surface area contributed by atoms with E-state index in [-0.39, 0.29) is 23.7 Å². The number of nitrogens with two attached hydrogens (primary N) is 1. The largest absolute Gasteiger partial charge is 0.350 e.